The Labute approximate surface area is 127 Å². The van der Waals surface area contributed by atoms with E-state index in [1.165, 1.54) is 18.9 Å². The van der Waals surface area contributed by atoms with Crippen molar-refractivity contribution in [1.82, 2.24) is 10.2 Å². The number of nitrogens with one attached hydrogen (secondary N) is 1. The highest BCUT2D eigenvalue weighted by atomic mass is 32.2. The van der Waals surface area contributed by atoms with Crippen LogP contribution in [0.25, 0.3) is 0 Å². The van der Waals surface area contributed by atoms with E-state index in [2.05, 4.69) is 20.3 Å². The SMILES string of the molecule is COC(=O)C(N)CCSCC(=O)Nc1nnc(C(C)C)o1. The molecule has 0 fully saturated rings. The lowest BCUT2D eigenvalue weighted by Crippen LogP contribution is -2.32. The Morgan fingerprint density at radius 3 is 2.71 bits per heavy atom. The van der Waals surface area contributed by atoms with Crippen molar-refractivity contribution in [2.24, 2.45) is 5.73 Å². The van der Waals surface area contributed by atoms with E-state index >= 15 is 0 Å². The minimum absolute atomic E-state index is 0.0931. The summed E-state index contributed by atoms with van der Waals surface area (Å²) < 4.78 is 9.77. The van der Waals surface area contributed by atoms with Crippen molar-refractivity contribution in [1.29, 1.82) is 0 Å². The predicted molar refractivity (Wildman–Crippen MR) is 79.0 cm³/mol. The number of rotatable bonds is 8. The van der Waals surface area contributed by atoms with Crippen molar-refractivity contribution in [3.8, 4) is 0 Å². The summed E-state index contributed by atoms with van der Waals surface area (Å²) in [5.41, 5.74) is 5.58. The van der Waals surface area contributed by atoms with E-state index < -0.39 is 12.0 Å². The van der Waals surface area contributed by atoms with Crippen LogP contribution in [0.1, 0.15) is 32.1 Å². The van der Waals surface area contributed by atoms with E-state index in [1.54, 1.807) is 0 Å². The summed E-state index contributed by atoms with van der Waals surface area (Å²) in [5, 5.41) is 10.1. The first-order valence-electron chi connectivity index (χ1n) is 6.48. The topological polar surface area (TPSA) is 120 Å². The molecule has 9 heteroatoms. The van der Waals surface area contributed by atoms with E-state index in [0.29, 0.717) is 18.1 Å². The van der Waals surface area contributed by atoms with Gasteiger partial charge in [0.1, 0.15) is 6.04 Å². The fourth-order valence-corrected chi connectivity index (χ4v) is 2.14. The molecule has 1 heterocycles. The van der Waals surface area contributed by atoms with Gasteiger partial charge < -0.3 is 14.9 Å². The number of methoxy groups -OCH3 is 1. The van der Waals surface area contributed by atoms with E-state index in [9.17, 15) is 9.59 Å². The molecule has 0 spiro atoms. The fourth-order valence-electron chi connectivity index (χ4n) is 1.32. The average Bonchev–Trinajstić information content (AvgIpc) is 2.91. The number of amides is 1. The summed E-state index contributed by atoms with van der Waals surface area (Å²) in [6.07, 6.45) is 0.447. The third-order valence-electron chi connectivity index (χ3n) is 2.49. The standard InChI is InChI=1S/C12H20N4O4S/c1-7(2)10-15-16-12(20-10)14-9(17)6-21-5-4-8(13)11(18)19-3/h7-8H,4-6,13H2,1-3H3,(H,14,16,17). The number of thioether (sulfide) groups is 1. The first kappa shape index (κ1) is 17.4. The van der Waals surface area contributed by atoms with Gasteiger partial charge in [-0.1, -0.05) is 18.9 Å². The van der Waals surface area contributed by atoms with Crippen LogP contribution >= 0.6 is 11.8 Å². The van der Waals surface area contributed by atoms with Gasteiger partial charge in [-0.2, -0.15) is 11.8 Å². The van der Waals surface area contributed by atoms with Crippen molar-refractivity contribution in [3.05, 3.63) is 5.89 Å². The van der Waals surface area contributed by atoms with Gasteiger partial charge in [-0.15, -0.1) is 5.10 Å². The number of esters is 1. The lowest BCUT2D eigenvalue weighted by atomic mass is 10.2. The first-order valence-corrected chi connectivity index (χ1v) is 7.64. The number of hydrogen-bond donors (Lipinski definition) is 2. The minimum Gasteiger partial charge on any atom is -0.468 e. The largest absolute Gasteiger partial charge is 0.468 e. The molecule has 1 amide bonds. The van der Waals surface area contributed by atoms with Gasteiger partial charge in [0.2, 0.25) is 11.8 Å². The highest BCUT2D eigenvalue weighted by Gasteiger charge is 2.14. The molecule has 21 heavy (non-hydrogen) atoms. The maximum absolute atomic E-state index is 11.6. The molecule has 0 radical (unpaired) electrons. The zero-order chi connectivity index (χ0) is 15.8. The lowest BCUT2D eigenvalue weighted by molar-refractivity contribution is -0.142. The van der Waals surface area contributed by atoms with E-state index in [-0.39, 0.29) is 23.6 Å². The number of nitrogens with zero attached hydrogens (tertiary/aromatic N) is 2. The quantitative estimate of drug-likeness (QED) is 0.532. The molecular weight excluding hydrogens is 296 g/mol. The summed E-state index contributed by atoms with van der Waals surface area (Å²) in [6, 6.07) is -0.564. The Bertz CT molecular complexity index is 478. The molecule has 0 aliphatic rings. The molecule has 1 aromatic heterocycles. The second-order valence-electron chi connectivity index (χ2n) is 4.62. The molecule has 1 rings (SSSR count). The lowest BCUT2D eigenvalue weighted by Gasteiger charge is -2.08. The monoisotopic (exact) mass is 316 g/mol. The summed E-state index contributed by atoms with van der Waals surface area (Å²) in [6.45, 7) is 3.83. The molecule has 118 valence electrons. The average molecular weight is 316 g/mol. The van der Waals surface area contributed by atoms with Crippen LogP contribution in [0, 0.1) is 0 Å². The summed E-state index contributed by atoms with van der Waals surface area (Å²) >= 11 is 1.36. The number of carbonyl (C=O) groups is 2. The third kappa shape index (κ3) is 6.13. The zero-order valence-corrected chi connectivity index (χ0v) is 13.1. The molecule has 0 aromatic carbocycles. The first-order chi connectivity index (χ1) is 9.93. The smallest absolute Gasteiger partial charge is 0.322 e. The maximum atomic E-state index is 11.6. The summed E-state index contributed by atoms with van der Waals surface area (Å²) in [4.78, 5) is 22.7. The maximum Gasteiger partial charge on any atom is 0.322 e. The van der Waals surface area contributed by atoms with Crippen LogP contribution in [0.4, 0.5) is 6.01 Å². The Hall–Kier alpha value is -1.61. The number of carbonyl (C=O) groups excluding carboxylic acids is 2. The second-order valence-corrected chi connectivity index (χ2v) is 5.72. The van der Waals surface area contributed by atoms with Crippen molar-refractivity contribution in [2.45, 2.75) is 32.2 Å². The molecule has 0 aliphatic heterocycles. The fraction of sp³-hybridized carbons (Fsp3) is 0.667. The molecule has 8 nitrogen and oxygen atoms in total. The van der Waals surface area contributed by atoms with E-state index in [1.807, 2.05) is 13.8 Å². The highest BCUT2D eigenvalue weighted by molar-refractivity contribution is 7.99. The molecule has 3 N–H and O–H groups in total. The van der Waals surface area contributed by atoms with Gasteiger partial charge in [0, 0.05) is 5.92 Å². The molecule has 0 saturated heterocycles. The van der Waals surface area contributed by atoms with Crippen molar-refractivity contribution in [3.63, 3.8) is 0 Å². The van der Waals surface area contributed by atoms with Crippen molar-refractivity contribution >= 4 is 29.7 Å². The Morgan fingerprint density at radius 1 is 1.43 bits per heavy atom. The van der Waals surface area contributed by atoms with Crippen LogP contribution in [0.5, 0.6) is 0 Å². The zero-order valence-electron chi connectivity index (χ0n) is 12.3. The Kier molecular flexibility index (Phi) is 7.17. The molecule has 1 aromatic rings. The van der Waals surface area contributed by atoms with Gasteiger partial charge in [-0.25, -0.2) is 0 Å². The molecule has 1 atom stereocenters. The molecule has 0 aliphatic carbocycles. The van der Waals surface area contributed by atoms with Crippen LogP contribution in [-0.2, 0) is 14.3 Å². The Morgan fingerprint density at radius 2 is 2.14 bits per heavy atom. The van der Waals surface area contributed by atoms with Gasteiger partial charge in [-0.3, -0.25) is 14.9 Å². The molecule has 1 unspecified atom stereocenters. The van der Waals surface area contributed by atoms with Gasteiger partial charge in [0.15, 0.2) is 0 Å². The number of ether oxygens (including phenoxy) is 1. The highest BCUT2D eigenvalue weighted by Crippen LogP contribution is 2.15. The van der Waals surface area contributed by atoms with E-state index in [4.69, 9.17) is 10.2 Å². The molecular formula is C12H20N4O4S. The second kappa shape index (κ2) is 8.63. The van der Waals surface area contributed by atoms with Crippen LogP contribution in [-0.4, -0.2) is 46.7 Å². The van der Waals surface area contributed by atoms with Crippen LogP contribution < -0.4 is 11.1 Å². The van der Waals surface area contributed by atoms with Gasteiger partial charge in [0.25, 0.3) is 0 Å². The van der Waals surface area contributed by atoms with Crippen LogP contribution in [0.15, 0.2) is 4.42 Å². The number of aromatic nitrogens is 2. The Balaban J connectivity index is 2.23. The van der Waals surface area contributed by atoms with Crippen LogP contribution in [0.3, 0.4) is 0 Å². The number of anilines is 1. The van der Waals surface area contributed by atoms with E-state index in [0.717, 1.165) is 0 Å². The minimum atomic E-state index is -0.657. The third-order valence-corrected chi connectivity index (χ3v) is 3.48. The number of nitrogens with two attached hydrogens (primary N) is 1. The van der Waals surface area contributed by atoms with Crippen LogP contribution in [0.2, 0.25) is 0 Å². The predicted octanol–water partition coefficient (Wildman–Crippen LogP) is 0.755. The van der Waals surface area contributed by atoms with Gasteiger partial charge >= 0.3 is 12.0 Å². The van der Waals surface area contributed by atoms with Gasteiger partial charge in [0.05, 0.1) is 12.9 Å². The molecule has 0 bridgehead atoms. The van der Waals surface area contributed by atoms with Crippen molar-refractivity contribution < 1.29 is 18.7 Å². The normalized spacial score (nSPS) is 12.2. The summed E-state index contributed by atoms with van der Waals surface area (Å²) in [5.74, 6) is 0.676. The molecule has 0 saturated carbocycles. The van der Waals surface area contributed by atoms with Gasteiger partial charge in [-0.05, 0) is 12.2 Å². The van der Waals surface area contributed by atoms with Crippen molar-refractivity contribution in [2.75, 3.05) is 23.9 Å². The number of hydrogen-bond acceptors (Lipinski definition) is 8. The summed E-state index contributed by atoms with van der Waals surface area (Å²) in [7, 11) is 1.29.